The molecule has 84 valence electrons. The van der Waals surface area contributed by atoms with Crippen molar-refractivity contribution < 1.29 is 14.7 Å². The van der Waals surface area contributed by atoms with Crippen molar-refractivity contribution in [3.63, 3.8) is 0 Å². The van der Waals surface area contributed by atoms with Crippen LogP contribution in [0.1, 0.15) is 18.9 Å². The predicted octanol–water partition coefficient (Wildman–Crippen LogP) is 1.60. The third-order valence-corrected chi connectivity index (χ3v) is 2.82. The van der Waals surface area contributed by atoms with Crippen LogP contribution >= 0.6 is 0 Å². The molecule has 2 rings (SSSR count). The molecule has 1 N–H and O–H groups in total. The lowest BCUT2D eigenvalue weighted by atomic mass is 10.1. The monoisotopic (exact) mass is 219 g/mol. The second-order valence-corrected chi connectivity index (χ2v) is 4.14. The van der Waals surface area contributed by atoms with Crippen molar-refractivity contribution >= 4 is 17.5 Å². The molecule has 4 heteroatoms. The Balaban J connectivity index is 2.41. The third-order valence-electron chi connectivity index (χ3n) is 2.82. The summed E-state index contributed by atoms with van der Waals surface area (Å²) in [6, 6.07) is 4.81. The molecule has 2 amide bonds. The van der Waals surface area contributed by atoms with Gasteiger partial charge in [0.05, 0.1) is 5.69 Å². The molecule has 0 radical (unpaired) electrons. The van der Waals surface area contributed by atoms with Crippen LogP contribution in [0.2, 0.25) is 0 Å². The Labute approximate surface area is 93.5 Å². The van der Waals surface area contributed by atoms with Crippen molar-refractivity contribution in [1.82, 2.24) is 0 Å². The highest BCUT2D eigenvalue weighted by Gasteiger charge is 2.36. The molecule has 1 atom stereocenters. The van der Waals surface area contributed by atoms with Gasteiger partial charge in [-0.05, 0) is 18.6 Å². The van der Waals surface area contributed by atoms with Gasteiger partial charge in [0, 0.05) is 18.4 Å². The van der Waals surface area contributed by atoms with Gasteiger partial charge in [-0.15, -0.1) is 0 Å². The quantitative estimate of drug-likeness (QED) is 0.730. The van der Waals surface area contributed by atoms with Gasteiger partial charge in [-0.3, -0.25) is 14.5 Å². The maximum atomic E-state index is 11.7. The Bertz CT molecular complexity index is 467. The second kappa shape index (κ2) is 3.63. The topological polar surface area (TPSA) is 57.6 Å². The van der Waals surface area contributed by atoms with E-state index in [9.17, 15) is 14.7 Å². The molecule has 0 bridgehead atoms. The van der Waals surface area contributed by atoms with E-state index in [4.69, 9.17) is 0 Å². The van der Waals surface area contributed by atoms with E-state index in [1.165, 1.54) is 6.07 Å². The maximum absolute atomic E-state index is 11.7. The standard InChI is InChI=1S/C12H13NO3/c1-7-3-4-9(6-10(7)14)13-11(15)5-8(2)12(13)16/h3-4,6,8,14H,5H2,1-2H3. The Morgan fingerprint density at radius 1 is 1.38 bits per heavy atom. The molecule has 0 aliphatic carbocycles. The fourth-order valence-electron chi connectivity index (χ4n) is 1.79. The van der Waals surface area contributed by atoms with Crippen LogP contribution in [0.3, 0.4) is 0 Å². The van der Waals surface area contributed by atoms with Gasteiger partial charge in [-0.1, -0.05) is 13.0 Å². The molecule has 4 nitrogen and oxygen atoms in total. The van der Waals surface area contributed by atoms with Crippen LogP contribution in [0.5, 0.6) is 5.75 Å². The van der Waals surface area contributed by atoms with Crippen LogP contribution in [0, 0.1) is 12.8 Å². The summed E-state index contributed by atoms with van der Waals surface area (Å²) in [6.45, 7) is 3.49. The zero-order valence-corrected chi connectivity index (χ0v) is 9.23. The summed E-state index contributed by atoms with van der Waals surface area (Å²) in [5, 5.41) is 9.55. The molecule has 0 saturated carbocycles. The average molecular weight is 219 g/mol. The van der Waals surface area contributed by atoms with E-state index in [1.807, 2.05) is 0 Å². The molecule has 1 aliphatic rings. The van der Waals surface area contributed by atoms with E-state index in [0.717, 1.165) is 10.5 Å². The highest BCUT2D eigenvalue weighted by atomic mass is 16.3. The number of phenolic OH excluding ortho intramolecular Hbond substituents is 1. The largest absolute Gasteiger partial charge is 0.508 e. The zero-order chi connectivity index (χ0) is 11.9. The number of anilines is 1. The Hall–Kier alpha value is -1.84. The number of aryl methyl sites for hydroxylation is 1. The molecule has 0 aromatic heterocycles. The number of hydrogen-bond acceptors (Lipinski definition) is 3. The summed E-state index contributed by atoms with van der Waals surface area (Å²) in [5.41, 5.74) is 1.17. The molecule has 1 aromatic carbocycles. The minimum atomic E-state index is -0.268. The lowest BCUT2D eigenvalue weighted by Crippen LogP contribution is -2.29. The first-order chi connectivity index (χ1) is 7.50. The van der Waals surface area contributed by atoms with Gasteiger partial charge in [0.15, 0.2) is 0 Å². The van der Waals surface area contributed by atoms with Crippen LogP contribution in [-0.4, -0.2) is 16.9 Å². The van der Waals surface area contributed by atoms with E-state index in [-0.39, 0.29) is 29.9 Å². The van der Waals surface area contributed by atoms with E-state index in [2.05, 4.69) is 0 Å². The Morgan fingerprint density at radius 2 is 2.06 bits per heavy atom. The molecule has 1 heterocycles. The molecule has 1 aliphatic heterocycles. The molecule has 16 heavy (non-hydrogen) atoms. The number of phenols is 1. The Morgan fingerprint density at radius 3 is 2.56 bits per heavy atom. The zero-order valence-electron chi connectivity index (χ0n) is 9.23. The second-order valence-electron chi connectivity index (χ2n) is 4.14. The number of nitrogens with zero attached hydrogens (tertiary/aromatic N) is 1. The Kier molecular flexibility index (Phi) is 2.42. The summed E-state index contributed by atoms with van der Waals surface area (Å²) in [7, 11) is 0. The predicted molar refractivity (Wildman–Crippen MR) is 59.1 cm³/mol. The first-order valence-electron chi connectivity index (χ1n) is 5.17. The van der Waals surface area contributed by atoms with Crippen LogP contribution in [0.15, 0.2) is 18.2 Å². The van der Waals surface area contributed by atoms with Gasteiger partial charge < -0.3 is 5.11 Å². The number of carbonyl (C=O) groups excluding carboxylic acids is 2. The number of imide groups is 1. The summed E-state index contributed by atoms with van der Waals surface area (Å²) in [5.74, 6) is -0.581. The molecule has 1 saturated heterocycles. The number of rotatable bonds is 1. The first kappa shape index (κ1) is 10.7. The lowest BCUT2D eigenvalue weighted by Gasteiger charge is -2.15. The van der Waals surface area contributed by atoms with Gasteiger partial charge in [-0.2, -0.15) is 0 Å². The van der Waals surface area contributed by atoms with E-state index < -0.39 is 0 Å². The summed E-state index contributed by atoms with van der Waals surface area (Å²) < 4.78 is 0. The lowest BCUT2D eigenvalue weighted by molar-refractivity contribution is -0.122. The average Bonchev–Trinajstić information content (AvgIpc) is 2.47. The van der Waals surface area contributed by atoms with Crippen molar-refractivity contribution in [2.75, 3.05) is 4.90 Å². The van der Waals surface area contributed by atoms with Crippen molar-refractivity contribution in [3.05, 3.63) is 23.8 Å². The van der Waals surface area contributed by atoms with E-state index in [0.29, 0.717) is 5.69 Å². The maximum Gasteiger partial charge on any atom is 0.237 e. The fourth-order valence-corrected chi connectivity index (χ4v) is 1.79. The van der Waals surface area contributed by atoms with Crippen LogP contribution < -0.4 is 4.90 Å². The highest BCUT2D eigenvalue weighted by molar-refractivity contribution is 6.20. The molecule has 1 fully saturated rings. The molecular weight excluding hydrogens is 206 g/mol. The van der Waals surface area contributed by atoms with Gasteiger partial charge in [0.1, 0.15) is 5.75 Å². The summed E-state index contributed by atoms with van der Waals surface area (Å²) >= 11 is 0. The number of carbonyl (C=O) groups is 2. The minimum absolute atomic E-state index is 0.0950. The summed E-state index contributed by atoms with van der Waals surface area (Å²) in [6.07, 6.45) is 0.244. The molecule has 1 aromatic rings. The van der Waals surface area contributed by atoms with Crippen LogP contribution in [0.4, 0.5) is 5.69 Å². The minimum Gasteiger partial charge on any atom is -0.508 e. The smallest absolute Gasteiger partial charge is 0.237 e. The number of benzene rings is 1. The van der Waals surface area contributed by atoms with Gasteiger partial charge in [0.25, 0.3) is 0 Å². The number of aromatic hydroxyl groups is 1. The van der Waals surface area contributed by atoms with E-state index in [1.54, 1.807) is 26.0 Å². The van der Waals surface area contributed by atoms with Crippen molar-refractivity contribution in [2.24, 2.45) is 5.92 Å². The van der Waals surface area contributed by atoms with Crippen LogP contribution in [-0.2, 0) is 9.59 Å². The molecule has 0 spiro atoms. The van der Waals surface area contributed by atoms with Crippen molar-refractivity contribution in [1.29, 1.82) is 0 Å². The van der Waals surface area contributed by atoms with Crippen molar-refractivity contribution in [2.45, 2.75) is 20.3 Å². The molecule has 1 unspecified atom stereocenters. The van der Waals surface area contributed by atoms with Gasteiger partial charge in [-0.25, -0.2) is 0 Å². The van der Waals surface area contributed by atoms with Crippen LogP contribution in [0.25, 0.3) is 0 Å². The number of hydrogen-bond donors (Lipinski definition) is 1. The first-order valence-corrected chi connectivity index (χ1v) is 5.17. The summed E-state index contributed by atoms with van der Waals surface area (Å²) in [4.78, 5) is 24.5. The van der Waals surface area contributed by atoms with Gasteiger partial charge >= 0.3 is 0 Å². The fraction of sp³-hybridized carbons (Fsp3) is 0.333. The molecular formula is C12H13NO3. The van der Waals surface area contributed by atoms with Gasteiger partial charge in [0.2, 0.25) is 11.8 Å². The van der Waals surface area contributed by atoms with E-state index >= 15 is 0 Å². The third kappa shape index (κ3) is 1.56. The number of amides is 2. The van der Waals surface area contributed by atoms with Crippen molar-refractivity contribution in [3.8, 4) is 5.75 Å². The highest BCUT2D eigenvalue weighted by Crippen LogP contribution is 2.29. The SMILES string of the molecule is Cc1ccc(N2C(=O)CC(C)C2=O)cc1O. The normalized spacial score (nSPS) is 20.6.